The van der Waals surface area contributed by atoms with Crippen molar-refractivity contribution in [3.05, 3.63) is 54.6 Å². The molecular weight excluding hydrogens is 354 g/mol. The average Bonchev–Trinajstić information content (AvgIpc) is 3.07. The molecule has 7 nitrogen and oxygen atoms in total. The zero-order valence-electron chi connectivity index (χ0n) is 14.0. The molecule has 0 aromatic heterocycles. The first kappa shape index (κ1) is 18.1. The molecule has 0 radical (unpaired) electrons. The first-order valence-electron chi connectivity index (χ1n) is 8.21. The Morgan fingerprint density at radius 3 is 2.35 bits per heavy atom. The summed E-state index contributed by atoms with van der Waals surface area (Å²) in [5, 5.41) is 2.61. The Bertz CT molecular complexity index is 896. The number of nitrogens with zero attached hydrogens (tertiary/aromatic N) is 1. The molecule has 0 bridgehead atoms. The van der Waals surface area contributed by atoms with Gasteiger partial charge in [-0.3, -0.25) is 9.59 Å². The lowest BCUT2D eigenvalue weighted by Gasteiger charge is -2.16. The Labute approximate surface area is 152 Å². The first-order valence-corrected chi connectivity index (χ1v) is 9.69. The third-order valence-electron chi connectivity index (χ3n) is 4.01. The van der Waals surface area contributed by atoms with Crippen molar-refractivity contribution in [1.82, 2.24) is 4.72 Å². The van der Waals surface area contributed by atoms with Gasteiger partial charge in [0.25, 0.3) is 0 Å². The van der Waals surface area contributed by atoms with Gasteiger partial charge in [-0.05, 0) is 42.8 Å². The molecule has 1 aliphatic heterocycles. The van der Waals surface area contributed by atoms with E-state index in [0.717, 1.165) is 6.42 Å². The van der Waals surface area contributed by atoms with Gasteiger partial charge < -0.3 is 10.2 Å². The maximum Gasteiger partial charge on any atom is 0.241 e. The largest absolute Gasteiger partial charge is 0.325 e. The molecule has 1 aliphatic rings. The maximum atomic E-state index is 12.3. The highest BCUT2D eigenvalue weighted by atomic mass is 32.2. The number of para-hydroxylation sites is 1. The molecule has 0 spiro atoms. The van der Waals surface area contributed by atoms with E-state index in [1.807, 2.05) is 6.07 Å². The van der Waals surface area contributed by atoms with Gasteiger partial charge in [0, 0.05) is 24.3 Å². The molecule has 0 unspecified atom stereocenters. The highest BCUT2D eigenvalue weighted by Gasteiger charge is 2.22. The quantitative estimate of drug-likeness (QED) is 0.806. The SMILES string of the molecule is O=C(CNS(=O)(=O)c1ccc(N2CCCC2=O)cc1)Nc1ccccc1. The van der Waals surface area contributed by atoms with Crippen LogP contribution < -0.4 is 14.9 Å². The third-order valence-corrected chi connectivity index (χ3v) is 5.43. The summed E-state index contributed by atoms with van der Waals surface area (Å²) >= 11 is 0. The van der Waals surface area contributed by atoms with E-state index in [4.69, 9.17) is 0 Å². The molecule has 2 N–H and O–H groups in total. The lowest BCUT2D eigenvalue weighted by molar-refractivity contribution is -0.117. The Hall–Kier alpha value is -2.71. The minimum absolute atomic E-state index is 0.0383. The number of hydrogen-bond donors (Lipinski definition) is 2. The summed E-state index contributed by atoms with van der Waals surface area (Å²) in [6, 6.07) is 14.8. The van der Waals surface area contributed by atoms with Gasteiger partial charge in [-0.2, -0.15) is 0 Å². The van der Waals surface area contributed by atoms with Crippen LogP contribution in [0.2, 0.25) is 0 Å². The van der Waals surface area contributed by atoms with Crippen LogP contribution in [0.4, 0.5) is 11.4 Å². The van der Waals surface area contributed by atoms with Gasteiger partial charge in [-0.25, -0.2) is 13.1 Å². The third kappa shape index (κ3) is 4.27. The van der Waals surface area contributed by atoms with Crippen LogP contribution in [-0.2, 0) is 19.6 Å². The van der Waals surface area contributed by atoms with E-state index in [0.29, 0.717) is 24.3 Å². The van der Waals surface area contributed by atoms with Gasteiger partial charge in [0.15, 0.2) is 0 Å². The summed E-state index contributed by atoms with van der Waals surface area (Å²) in [6.07, 6.45) is 1.31. The maximum absolute atomic E-state index is 12.3. The van der Waals surface area contributed by atoms with E-state index in [2.05, 4.69) is 10.0 Å². The number of carbonyl (C=O) groups excluding carboxylic acids is 2. The molecule has 1 saturated heterocycles. The molecule has 1 fully saturated rings. The van der Waals surface area contributed by atoms with Gasteiger partial charge in [-0.15, -0.1) is 0 Å². The second-order valence-electron chi connectivity index (χ2n) is 5.88. The molecule has 1 heterocycles. The second kappa shape index (κ2) is 7.67. The topological polar surface area (TPSA) is 95.6 Å². The Balaban J connectivity index is 1.61. The van der Waals surface area contributed by atoms with Crippen molar-refractivity contribution in [3.63, 3.8) is 0 Å². The fraction of sp³-hybridized carbons (Fsp3) is 0.222. The van der Waals surface area contributed by atoms with Crippen molar-refractivity contribution in [3.8, 4) is 0 Å². The smallest absolute Gasteiger partial charge is 0.241 e. The van der Waals surface area contributed by atoms with E-state index in [1.54, 1.807) is 41.3 Å². The van der Waals surface area contributed by atoms with Crippen LogP contribution in [-0.4, -0.2) is 33.3 Å². The normalized spacial score (nSPS) is 14.5. The van der Waals surface area contributed by atoms with Gasteiger partial charge in [0.1, 0.15) is 0 Å². The molecule has 2 amide bonds. The van der Waals surface area contributed by atoms with E-state index in [-0.39, 0.29) is 17.3 Å². The molecular formula is C18H19N3O4S. The fourth-order valence-electron chi connectivity index (χ4n) is 2.70. The van der Waals surface area contributed by atoms with E-state index < -0.39 is 15.9 Å². The summed E-state index contributed by atoms with van der Waals surface area (Å²) in [5.74, 6) is -0.421. The van der Waals surface area contributed by atoms with Crippen LogP contribution in [0, 0.1) is 0 Å². The summed E-state index contributed by atoms with van der Waals surface area (Å²) in [4.78, 5) is 25.3. The van der Waals surface area contributed by atoms with Crippen LogP contribution >= 0.6 is 0 Å². The number of benzene rings is 2. The summed E-state index contributed by atoms with van der Waals surface area (Å²) < 4.78 is 26.9. The highest BCUT2D eigenvalue weighted by molar-refractivity contribution is 7.89. The van der Waals surface area contributed by atoms with Crippen molar-refractivity contribution in [2.45, 2.75) is 17.7 Å². The molecule has 2 aromatic carbocycles. The van der Waals surface area contributed by atoms with Crippen LogP contribution in [0.5, 0.6) is 0 Å². The van der Waals surface area contributed by atoms with Crippen LogP contribution in [0.1, 0.15) is 12.8 Å². The lowest BCUT2D eigenvalue weighted by atomic mass is 10.3. The molecule has 0 aliphatic carbocycles. The van der Waals surface area contributed by atoms with Gasteiger partial charge >= 0.3 is 0 Å². The molecule has 26 heavy (non-hydrogen) atoms. The van der Waals surface area contributed by atoms with Gasteiger partial charge in [0.2, 0.25) is 21.8 Å². The van der Waals surface area contributed by atoms with E-state index in [1.165, 1.54) is 12.1 Å². The number of sulfonamides is 1. The molecule has 2 aromatic rings. The van der Waals surface area contributed by atoms with Crippen LogP contribution in [0.3, 0.4) is 0 Å². The van der Waals surface area contributed by atoms with Crippen LogP contribution in [0.15, 0.2) is 59.5 Å². The number of anilines is 2. The Kier molecular flexibility index (Phi) is 5.34. The fourth-order valence-corrected chi connectivity index (χ4v) is 3.68. The zero-order chi connectivity index (χ0) is 18.6. The van der Waals surface area contributed by atoms with E-state index in [9.17, 15) is 18.0 Å². The number of amides is 2. The molecule has 0 saturated carbocycles. The van der Waals surface area contributed by atoms with Crippen molar-refractivity contribution in [2.75, 3.05) is 23.3 Å². The second-order valence-corrected chi connectivity index (χ2v) is 7.65. The monoisotopic (exact) mass is 373 g/mol. The Morgan fingerprint density at radius 1 is 1.04 bits per heavy atom. The van der Waals surface area contributed by atoms with Gasteiger partial charge in [0.05, 0.1) is 11.4 Å². The average molecular weight is 373 g/mol. The number of nitrogens with one attached hydrogen (secondary N) is 2. The summed E-state index contributed by atoms with van der Waals surface area (Å²) in [6.45, 7) is 0.270. The minimum atomic E-state index is -3.82. The molecule has 8 heteroatoms. The van der Waals surface area contributed by atoms with Crippen molar-refractivity contribution >= 4 is 33.2 Å². The summed E-state index contributed by atoms with van der Waals surface area (Å²) in [5.41, 5.74) is 1.27. The first-order chi connectivity index (χ1) is 12.5. The number of carbonyl (C=O) groups is 2. The minimum Gasteiger partial charge on any atom is -0.325 e. The predicted molar refractivity (Wildman–Crippen MR) is 98.3 cm³/mol. The molecule has 136 valence electrons. The predicted octanol–water partition coefficient (Wildman–Crippen LogP) is 1.73. The van der Waals surface area contributed by atoms with Crippen molar-refractivity contribution < 1.29 is 18.0 Å². The lowest BCUT2D eigenvalue weighted by Crippen LogP contribution is -2.33. The Morgan fingerprint density at radius 2 is 1.73 bits per heavy atom. The standard InChI is InChI=1S/C18H19N3O4S/c22-17(20-14-5-2-1-3-6-14)13-19-26(24,25)16-10-8-15(9-11-16)21-12-4-7-18(21)23/h1-3,5-6,8-11,19H,4,7,12-13H2,(H,20,22). The van der Waals surface area contributed by atoms with Crippen molar-refractivity contribution in [1.29, 1.82) is 0 Å². The molecule has 0 atom stereocenters. The van der Waals surface area contributed by atoms with Gasteiger partial charge in [-0.1, -0.05) is 18.2 Å². The van der Waals surface area contributed by atoms with Crippen molar-refractivity contribution in [2.24, 2.45) is 0 Å². The molecule has 3 rings (SSSR count). The van der Waals surface area contributed by atoms with Crippen LogP contribution in [0.25, 0.3) is 0 Å². The zero-order valence-corrected chi connectivity index (χ0v) is 14.8. The highest BCUT2D eigenvalue weighted by Crippen LogP contribution is 2.22. The summed E-state index contributed by atoms with van der Waals surface area (Å²) in [7, 11) is -3.82. The number of hydrogen-bond acceptors (Lipinski definition) is 4. The van der Waals surface area contributed by atoms with E-state index >= 15 is 0 Å². The number of rotatable bonds is 6.